The summed E-state index contributed by atoms with van der Waals surface area (Å²) in [6.45, 7) is 4.03. The van der Waals surface area contributed by atoms with Crippen LogP contribution in [0.1, 0.15) is 29.7 Å². The Labute approximate surface area is 230 Å². The Morgan fingerprint density at radius 1 is 1.10 bits per heavy atom. The van der Waals surface area contributed by atoms with E-state index in [9.17, 15) is 13.2 Å². The van der Waals surface area contributed by atoms with E-state index in [1.807, 2.05) is 67.6 Å². The lowest BCUT2D eigenvalue weighted by atomic mass is 9.75. The van der Waals surface area contributed by atoms with Gasteiger partial charge in [-0.25, -0.2) is 0 Å². The molecule has 1 spiro atoms. The highest BCUT2D eigenvalue weighted by Gasteiger charge is 2.60. The fourth-order valence-corrected chi connectivity index (χ4v) is 7.14. The smallest absolute Gasteiger partial charge is 0.321 e. The van der Waals surface area contributed by atoms with Gasteiger partial charge in [-0.2, -0.15) is 13.8 Å². The summed E-state index contributed by atoms with van der Waals surface area (Å²) in [4.78, 5) is 15.8. The number of nitrogens with one attached hydrogen (secondary N) is 2. The topological polar surface area (TPSA) is 101 Å². The van der Waals surface area contributed by atoms with E-state index in [0.29, 0.717) is 23.9 Å². The second-order valence-electron chi connectivity index (χ2n) is 10.7. The quantitative estimate of drug-likeness (QED) is 0.393. The Bertz CT molecular complexity index is 1420. The summed E-state index contributed by atoms with van der Waals surface area (Å²) in [6, 6.07) is 20.1. The number of amides is 1. The van der Waals surface area contributed by atoms with Crippen LogP contribution >= 0.6 is 0 Å². The number of nitrogens with zero attached hydrogens (tertiary/aromatic N) is 2. The molecule has 9 nitrogen and oxygen atoms in total. The molecule has 0 radical (unpaired) electrons. The summed E-state index contributed by atoms with van der Waals surface area (Å²) in [5.74, 6) is 0.756. The van der Waals surface area contributed by atoms with Crippen molar-refractivity contribution >= 4 is 27.5 Å². The van der Waals surface area contributed by atoms with Crippen molar-refractivity contribution in [2.45, 2.75) is 37.8 Å². The minimum Gasteiger partial charge on any atom is -0.446 e. The number of ether oxygens (including phenoxy) is 1. The van der Waals surface area contributed by atoms with Crippen LogP contribution in [0.5, 0.6) is 0 Å². The van der Waals surface area contributed by atoms with Gasteiger partial charge in [0.15, 0.2) is 11.6 Å². The van der Waals surface area contributed by atoms with Gasteiger partial charge in [0, 0.05) is 24.7 Å². The van der Waals surface area contributed by atoms with E-state index in [1.165, 1.54) is 6.26 Å². The maximum Gasteiger partial charge on any atom is 0.321 e. The number of benzene rings is 2. The first-order chi connectivity index (χ1) is 18.7. The van der Waals surface area contributed by atoms with E-state index in [2.05, 4.69) is 10.7 Å². The number of para-hydroxylation sites is 1. The van der Waals surface area contributed by atoms with Gasteiger partial charge in [0.05, 0.1) is 24.9 Å². The van der Waals surface area contributed by atoms with E-state index in [-0.39, 0.29) is 18.6 Å². The van der Waals surface area contributed by atoms with Crippen molar-refractivity contribution in [1.29, 1.82) is 0 Å². The van der Waals surface area contributed by atoms with Crippen LogP contribution in [0.4, 0.5) is 11.6 Å². The average molecular weight is 554 g/mol. The van der Waals surface area contributed by atoms with Crippen molar-refractivity contribution in [1.82, 2.24) is 14.7 Å². The van der Waals surface area contributed by atoms with Gasteiger partial charge in [-0.3, -0.25) is 4.79 Å². The number of carbonyl (C=O) groups excluding carboxylic acids is 1. The molecule has 2 N–H and O–H groups in total. The molecule has 1 fully saturated rings. The van der Waals surface area contributed by atoms with Crippen LogP contribution in [0.2, 0.25) is 0 Å². The van der Waals surface area contributed by atoms with E-state index >= 15 is 0 Å². The summed E-state index contributed by atoms with van der Waals surface area (Å²) >= 11 is 0. The maximum absolute atomic E-state index is 14.1. The van der Waals surface area contributed by atoms with Crippen LogP contribution in [-0.4, -0.2) is 59.9 Å². The summed E-state index contributed by atoms with van der Waals surface area (Å²) in [5.41, 5.74) is 5.23. The molecule has 39 heavy (non-hydrogen) atoms. The van der Waals surface area contributed by atoms with Gasteiger partial charge >= 0.3 is 10.0 Å². The molecule has 0 aliphatic carbocycles. The minimum absolute atomic E-state index is 0.0391. The van der Waals surface area contributed by atoms with E-state index < -0.39 is 26.0 Å². The van der Waals surface area contributed by atoms with Crippen molar-refractivity contribution in [2.75, 3.05) is 44.4 Å². The van der Waals surface area contributed by atoms with Crippen molar-refractivity contribution in [3.8, 4) is 0 Å². The number of carbonyl (C=O) groups is 1. The Balaban J connectivity index is 1.48. The molecule has 2 aliphatic rings. The molecule has 2 aliphatic heterocycles. The third-order valence-electron chi connectivity index (χ3n) is 8.04. The van der Waals surface area contributed by atoms with Crippen LogP contribution in [0.15, 0.2) is 71.1 Å². The zero-order valence-corrected chi connectivity index (χ0v) is 23.5. The SMILES string of the molecule is Cc1ccc(N(C)C(COCc2ccccc2)C(=O)N[N+]2(S(C)(=O)=O)CC3(CCNCC3)c3ccccc32)o1. The molecule has 2 atom stereocenters. The molecule has 1 aromatic heterocycles. The molecule has 3 heterocycles. The lowest BCUT2D eigenvalue weighted by Gasteiger charge is -2.37. The average Bonchev–Trinajstić information content (AvgIpc) is 3.47. The normalized spacial score (nSPS) is 20.9. The molecule has 208 valence electrons. The summed E-state index contributed by atoms with van der Waals surface area (Å²) in [7, 11) is -2.07. The highest BCUT2D eigenvalue weighted by atomic mass is 32.2. The zero-order chi connectivity index (χ0) is 27.7. The van der Waals surface area contributed by atoms with Gasteiger partial charge in [0.25, 0.3) is 5.91 Å². The number of rotatable bonds is 9. The molecular formula is C29H37N4O5S+. The van der Waals surface area contributed by atoms with Crippen LogP contribution < -0.4 is 19.6 Å². The van der Waals surface area contributed by atoms with E-state index in [0.717, 1.165) is 37.1 Å². The lowest BCUT2D eigenvalue weighted by Crippen LogP contribution is -2.68. The molecule has 2 aromatic carbocycles. The second-order valence-corrected chi connectivity index (χ2v) is 12.8. The van der Waals surface area contributed by atoms with Crippen molar-refractivity contribution in [2.24, 2.45) is 0 Å². The first kappa shape index (κ1) is 27.4. The molecule has 10 heteroatoms. The molecule has 3 aromatic rings. The van der Waals surface area contributed by atoms with Gasteiger partial charge in [0.2, 0.25) is 0 Å². The molecule has 1 amide bonds. The Hall–Kier alpha value is -3.18. The monoisotopic (exact) mass is 553 g/mol. The third-order valence-corrected chi connectivity index (χ3v) is 9.59. The number of likely N-dealkylation sites (N-methyl/N-ethyl adjacent to an activating group) is 1. The predicted octanol–water partition coefficient (Wildman–Crippen LogP) is 3.24. The summed E-state index contributed by atoms with van der Waals surface area (Å²) in [5, 5.41) is 3.39. The van der Waals surface area contributed by atoms with Crippen molar-refractivity contribution in [3.63, 3.8) is 0 Å². The Morgan fingerprint density at radius 3 is 2.46 bits per heavy atom. The third kappa shape index (κ3) is 5.21. The lowest BCUT2D eigenvalue weighted by molar-refractivity contribution is -0.126. The molecular weight excluding hydrogens is 516 g/mol. The summed E-state index contributed by atoms with van der Waals surface area (Å²) < 4.78 is 38.4. The molecule has 5 rings (SSSR count). The number of fused-ring (bicyclic) bond motifs is 2. The number of hydrogen-bond donors (Lipinski definition) is 2. The highest BCUT2D eigenvalue weighted by Crippen LogP contribution is 2.50. The van der Waals surface area contributed by atoms with Crippen LogP contribution in [-0.2, 0) is 31.6 Å². The number of piperidine rings is 1. The zero-order valence-electron chi connectivity index (χ0n) is 22.7. The fraction of sp³-hybridized carbons (Fsp3) is 0.414. The highest BCUT2D eigenvalue weighted by molar-refractivity contribution is 7.90. The Kier molecular flexibility index (Phi) is 7.56. The van der Waals surface area contributed by atoms with E-state index in [1.54, 1.807) is 18.0 Å². The fourth-order valence-electron chi connectivity index (χ4n) is 5.89. The Morgan fingerprint density at radius 2 is 1.79 bits per heavy atom. The minimum atomic E-state index is -3.83. The van der Waals surface area contributed by atoms with E-state index in [4.69, 9.17) is 9.15 Å². The number of quaternary nitrogens is 1. The predicted molar refractivity (Wildman–Crippen MR) is 152 cm³/mol. The largest absolute Gasteiger partial charge is 0.446 e. The number of sulfonamides is 1. The van der Waals surface area contributed by atoms with Gasteiger partial charge in [-0.15, -0.1) is 0 Å². The molecule has 0 bridgehead atoms. The number of hydrogen-bond acceptors (Lipinski definition) is 7. The van der Waals surface area contributed by atoms with Gasteiger partial charge in [-0.05, 0) is 44.5 Å². The van der Waals surface area contributed by atoms with Gasteiger partial charge in [0.1, 0.15) is 18.3 Å². The van der Waals surface area contributed by atoms with Crippen LogP contribution in [0.25, 0.3) is 0 Å². The molecule has 2 unspecified atom stereocenters. The van der Waals surface area contributed by atoms with Gasteiger partial charge < -0.3 is 19.4 Å². The van der Waals surface area contributed by atoms with Crippen LogP contribution in [0, 0.1) is 6.92 Å². The number of anilines is 1. The second kappa shape index (κ2) is 10.8. The number of furan rings is 1. The molecule has 0 saturated carbocycles. The number of aryl methyl sites for hydroxylation is 1. The first-order valence-electron chi connectivity index (χ1n) is 13.3. The van der Waals surface area contributed by atoms with Gasteiger partial charge in [-0.1, -0.05) is 52.5 Å². The standard InChI is InChI=1S/C29H36N4O5S/c1-22-13-14-27(38-22)32(2)25(20-37-19-23-9-5-4-6-10-23)28(34)31-33(39(3,35)36)21-29(15-17-30-18-16-29)24-11-7-8-12-26(24)33/h4-14,25,30H,15-21H2,1-3H3/p+1. The van der Waals surface area contributed by atoms with Crippen molar-refractivity contribution < 1.29 is 22.4 Å². The maximum atomic E-state index is 14.1. The summed E-state index contributed by atoms with van der Waals surface area (Å²) in [6.07, 6.45) is 2.79. The van der Waals surface area contributed by atoms with Crippen LogP contribution in [0.3, 0.4) is 0 Å². The van der Waals surface area contributed by atoms with Crippen molar-refractivity contribution in [3.05, 3.63) is 83.6 Å². The first-order valence-corrected chi connectivity index (χ1v) is 15.1. The molecule has 1 saturated heterocycles.